The van der Waals surface area contributed by atoms with Gasteiger partial charge in [0.05, 0.1) is 34.1 Å². The lowest BCUT2D eigenvalue weighted by Gasteiger charge is -2.36. The molecule has 0 bridgehead atoms. The third kappa shape index (κ3) is 5.42. The summed E-state index contributed by atoms with van der Waals surface area (Å²) in [5.74, 6) is -4.18. The molecule has 1 N–H and O–H groups in total. The summed E-state index contributed by atoms with van der Waals surface area (Å²) >= 11 is 6.09. The van der Waals surface area contributed by atoms with E-state index in [0.29, 0.717) is 38.3 Å². The fraction of sp³-hybridized carbons (Fsp3) is 0.577. The molecule has 7 nitrogen and oxygen atoms in total. The third-order valence-electron chi connectivity index (χ3n) is 7.09. The van der Waals surface area contributed by atoms with Gasteiger partial charge in [-0.15, -0.1) is 0 Å². The number of rotatable bonds is 7. The van der Waals surface area contributed by atoms with Crippen LogP contribution in [-0.4, -0.2) is 48.0 Å². The molecule has 0 aliphatic carbocycles. The lowest BCUT2D eigenvalue weighted by atomic mass is 9.76. The zero-order chi connectivity index (χ0) is 26.1. The smallest absolute Gasteiger partial charge is 0.339 e. The first-order valence-corrected chi connectivity index (χ1v) is 12.7. The Balaban J connectivity index is 1.50. The predicted molar refractivity (Wildman–Crippen MR) is 131 cm³/mol. The number of alkyl halides is 2. The van der Waals surface area contributed by atoms with Crippen molar-refractivity contribution < 1.29 is 27.8 Å². The van der Waals surface area contributed by atoms with Crippen molar-refractivity contribution in [1.29, 1.82) is 0 Å². The maximum absolute atomic E-state index is 13.8. The number of fused-ring (bicyclic) bond motifs is 1. The standard InChI is InChI=1S/C26H32ClF2N3O4/c1-4-19-21-20(12-26(15-30-23(21)33)8-10-35-11-9-26)32(31-19)13-16(2)14-36-24(34)17-6-5-7-18(22(17)27)25(3,28)29/h5-7,16H,4,8-15H2,1-3H3,(H,30,33)/t16-/m1/s1. The van der Waals surface area contributed by atoms with Crippen molar-refractivity contribution >= 4 is 23.5 Å². The Kier molecular flexibility index (Phi) is 7.71. The van der Waals surface area contributed by atoms with E-state index in [2.05, 4.69) is 5.32 Å². The molecular weight excluding hydrogens is 492 g/mol. The molecule has 2 aliphatic heterocycles. The SMILES string of the molecule is CCc1nn(C[C@@H](C)COC(=O)c2cccc(C(C)(F)F)c2Cl)c2c1C(=O)NCC1(CCOCC1)C2. The second-order valence-corrected chi connectivity index (χ2v) is 10.4. The van der Waals surface area contributed by atoms with Crippen molar-refractivity contribution in [1.82, 2.24) is 15.1 Å². The Labute approximate surface area is 214 Å². The molecule has 1 atom stereocenters. The van der Waals surface area contributed by atoms with Crippen LogP contribution >= 0.6 is 11.6 Å². The minimum atomic E-state index is -3.18. The first kappa shape index (κ1) is 26.5. The normalized spacial score (nSPS) is 18.3. The van der Waals surface area contributed by atoms with Crippen LogP contribution in [-0.2, 0) is 34.8 Å². The molecule has 4 rings (SSSR count). The number of aryl methyl sites for hydroxylation is 1. The summed E-state index contributed by atoms with van der Waals surface area (Å²) < 4.78 is 40.5. The van der Waals surface area contributed by atoms with Crippen LogP contribution in [0.15, 0.2) is 18.2 Å². The lowest BCUT2D eigenvalue weighted by Crippen LogP contribution is -2.41. The number of hydrogen-bond donors (Lipinski definition) is 1. The molecule has 1 saturated heterocycles. The van der Waals surface area contributed by atoms with E-state index in [4.69, 9.17) is 26.2 Å². The third-order valence-corrected chi connectivity index (χ3v) is 7.49. The molecule has 1 spiro atoms. The minimum Gasteiger partial charge on any atom is -0.462 e. The van der Waals surface area contributed by atoms with Crippen molar-refractivity contribution in [2.45, 2.75) is 58.9 Å². The zero-order valence-corrected chi connectivity index (χ0v) is 21.6. The highest BCUT2D eigenvalue weighted by Crippen LogP contribution is 2.38. The molecule has 3 heterocycles. The molecule has 2 aromatic rings. The fourth-order valence-electron chi connectivity index (χ4n) is 5.00. The summed E-state index contributed by atoms with van der Waals surface area (Å²) in [6, 6.07) is 3.93. The first-order valence-electron chi connectivity index (χ1n) is 12.3. The van der Waals surface area contributed by atoms with Crippen LogP contribution in [0.5, 0.6) is 0 Å². The summed E-state index contributed by atoms with van der Waals surface area (Å²) in [5, 5.41) is 7.53. The molecule has 1 fully saturated rings. The van der Waals surface area contributed by atoms with E-state index in [1.807, 2.05) is 18.5 Å². The second-order valence-electron chi connectivity index (χ2n) is 10.0. The Bertz CT molecular complexity index is 1140. The average molecular weight is 524 g/mol. The van der Waals surface area contributed by atoms with Crippen molar-refractivity contribution in [3.05, 3.63) is 51.3 Å². The number of amides is 1. The van der Waals surface area contributed by atoms with Crippen LogP contribution in [0.2, 0.25) is 5.02 Å². The maximum atomic E-state index is 13.8. The summed E-state index contributed by atoms with van der Waals surface area (Å²) in [7, 11) is 0. The summed E-state index contributed by atoms with van der Waals surface area (Å²) in [4.78, 5) is 25.6. The Morgan fingerprint density at radius 3 is 2.75 bits per heavy atom. The van der Waals surface area contributed by atoms with E-state index in [0.717, 1.165) is 37.6 Å². The molecule has 10 heteroatoms. The molecular formula is C26H32ClF2N3O4. The van der Waals surface area contributed by atoms with Gasteiger partial charge in [0.15, 0.2) is 0 Å². The van der Waals surface area contributed by atoms with E-state index in [1.165, 1.54) is 18.2 Å². The van der Waals surface area contributed by atoms with Crippen LogP contribution < -0.4 is 5.32 Å². The number of carbonyl (C=O) groups excluding carboxylic acids is 2. The van der Waals surface area contributed by atoms with E-state index >= 15 is 0 Å². The molecule has 1 aromatic heterocycles. The van der Waals surface area contributed by atoms with Gasteiger partial charge >= 0.3 is 5.97 Å². The number of ether oxygens (including phenoxy) is 2. The number of nitrogens with one attached hydrogen (secondary N) is 1. The highest BCUT2D eigenvalue weighted by molar-refractivity contribution is 6.34. The van der Waals surface area contributed by atoms with E-state index in [1.54, 1.807) is 0 Å². The molecule has 0 unspecified atom stereocenters. The quantitative estimate of drug-likeness (QED) is 0.528. The van der Waals surface area contributed by atoms with Gasteiger partial charge in [-0.3, -0.25) is 9.48 Å². The minimum absolute atomic E-state index is 0.0448. The number of benzene rings is 1. The monoisotopic (exact) mass is 523 g/mol. The van der Waals surface area contributed by atoms with Gasteiger partial charge in [0.25, 0.3) is 11.8 Å². The summed E-state index contributed by atoms with van der Waals surface area (Å²) in [5.41, 5.74) is 1.72. The number of esters is 1. The molecule has 36 heavy (non-hydrogen) atoms. The predicted octanol–water partition coefficient (Wildman–Crippen LogP) is 4.79. The number of hydrogen-bond acceptors (Lipinski definition) is 5. The van der Waals surface area contributed by atoms with Crippen LogP contribution in [0.25, 0.3) is 0 Å². The Hall–Kier alpha value is -2.52. The van der Waals surface area contributed by atoms with Gasteiger partial charge in [0.2, 0.25) is 0 Å². The van der Waals surface area contributed by atoms with E-state index in [-0.39, 0.29) is 34.4 Å². The van der Waals surface area contributed by atoms with Gasteiger partial charge in [-0.05, 0) is 37.2 Å². The fourth-order valence-corrected chi connectivity index (χ4v) is 5.37. The number of halogens is 3. The van der Waals surface area contributed by atoms with Crippen molar-refractivity contribution in [2.24, 2.45) is 11.3 Å². The Morgan fingerprint density at radius 2 is 2.08 bits per heavy atom. The maximum Gasteiger partial charge on any atom is 0.339 e. The Morgan fingerprint density at radius 1 is 1.36 bits per heavy atom. The van der Waals surface area contributed by atoms with Gasteiger partial charge in [0.1, 0.15) is 0 Å². The van der Waals surface area contributed by atoms with Gasteiger partial charge in [-0.25, -0.2) is 13.6 Å². The molecule has 0 saturated carbocycles. The molecule has 0 radical (unpaired) electrons. The molecule has 2 aliphatic rings. The van der Waals surface area contributed by atoms with E-state index in [9.17, 15) is 18.4 Å². The van der Waals surface area contributed by atoms with Crippen molar-refractivity contribution in [3.8, 4) is 0 Å². The van der Waals surface area contributed by atoms with Crippen LogP contribution in [0.4, 0.5) is 8.78 Å². The first-order chi connectivity index (χ1) is 17.0. The van der Waals surface area contributed by atoms with Crippen LogP contribution in [0.3, 0.4) is 0 Å². The average Bonchev–Trinajstić information content (AvgIpc) is 3.10. The topological polar surface area (TPSA) is 82.5 Å². The van der Waals surface area contributed by atoms with Gasteiger partial charge in [-0.2, -0.15) is 5.10 Å². The molecule has 196 valence electrons. The highest BCUT2D eigenvalue weighted by atomic mass is 35.5. The second kappa shape index (κ2) is 10.5. The van der Waals surface area contributed by atoms with Crippen molar-refractivity contribution in [3.63, 3.8) is 0 Å². The number of aromatic nitrogens is 2. The summed E-state index contributed by atoms with van der Waals surface area (Å²) in [6.07, 6.45) is 3.07. The molecule has 1 aromatic carbocycles. The van der Waals surface area contributed by atoms with E-state index < -0.39 is 17.5 Å². The van der Waals surface area contributed by atoms with Crippen molar-refractivity contribution in [2.75, 3.05) is 26.4 Å². The van der Waals surface area contributed by atoms with Gasteiger partial charge < -0.3 is 14.8 Å². The zero-order valence-electron chi connectivity index (χ0n) is 20.8. The largest absolute Gasteiger partial charge is 0.462 e. The van der Waals surface area contributed by atoms with Gasteiger partial charge in [0, 0.05) is 44.7 Å². The van der Waals surface area contributed by atoms with Gasteiger partial charge in [-0.1, -0.05) is 37.6 Å². The highest BCUT2D eigenvalue weighted by Gasteiger charge is 2.40. The number of carbonyl (C=O) groups is 2. The summed E-state index contributed by atoms with van der Waals surface area (Å²) in [6.45, 7) is 7.04. The van der Waals surface area contributed by atoms with Crippen LogP contribution in [0, 0.1) is 11.3 Å². The number of nitrogens with zero attached hydrogens (tertiary/aromatic N) is 2. The lowest BCUT2D eigenvalue weighted by molar-refractivity contribution is 0.0151. The van der Waals surface area contributed by atoms with Crippen LogP contribution in [0.1, 0.15) is 71.3 Å². The molecule has 1 amide bonds.